The number of nitrogens with zero attached hydrogens (tertiary/aromatic N) is 2. The van der Waals surface area contributed by atoms with Gasteiger partial charge in [0, 0.05) is 42.2 Å². The van der Waals surface area contributed by atoms with Gasteiger partial charge in [0.25, 0.3) is 5.91 Å². The van der Waals surface area contributed by atoms with E-state index in [9.17, 15) is 9.59 Å². The summed E-state index contributed by atoms with van der Waals surface area (Å²) in [6.45, 7) is 8.16. The fourth-order valence-electron chi connectivity index (χ4n) is 2.43. The first kappa shape index (κ1) is 17.7. The van der Waals surface area contributed by atoms with Gasteiger partial charge in [-0.25, -0.2) is 4.79 Å². The topological polar surface area (TPSA) is 52.7 Å². The van der Waals surface area contributed by atoms with Crippen molar-refractivity contribution in [2.45, 2.75) is 31.2 Å². The minimum atomic E-state index is -0.247. The fourth-order valence-corrected chi connectivity index (χ4v) is 2.84. The number of hydrogen-bond donors (Lipinski definition) is 1. The number of amides is 3. The summed E-state index contributed by atoms with van der Waals surface area (Å²) in [6.07, 6.45) is 2.01. The second-order valence-corrected chi connectivity index (χ2v) is 7.57. The van der Waals surface area contributed by atoms with Gasteiger partial charge in [0.15, 0.2) is 0 Å². The summed E-state index contributed by atoms with van der Waals surface area (Å²) >= 11 is 1.66. The highest BCUT2D eigenvalue weighted by Gasteiger charge is 2.26. The number of urea groups is 1. The molecule has 0 radical (unpaired) electrons. The van der Waals surface area contributed by atoms with Crippen LogP contribution in [-0.4, -0.2) is 59.7 Å². The number of piperazine rings is 1. The van der Waals surface area contributed by atoms with Gasteiger partial charge in [-0.3, -0.25) is 4.79 Å². The Kier molecular flexibility index (Phi) is 5.57. The van der Waals surface area contributed by atoms with Crippen LogP contribution in [-0.2, 0) is 0 Å². The second kappa shape index (κ2) is 7.25. The quantitative estimate of drug-likeness (QED) is 0.846. The van der Waals surface area contributed by atoms with Crippen molar-refractivity contribution in [2.75, 3.05) is 32.4 Å². The van der Waals surface area contributed by atoms with Crippen LogP contribution in [0.15, 0.2) is 29.2 Å². The lowest BCUT2D eigenvalue weighted by molar-refractivity contribution is 0.0661. The van der Waals surface area contributed by atoms with Crippen LogP contribution in [0.1, 0.15) is 31.1 Å². The van der Waals surface area contributed by atoms with Gasteiger partial charge < -0.3 is 15.1 Å². The minimum Gasteiger partial charge on any atom is -0.335 e. The predicted octanol–water partition coefficient (Wildman–Crippen LogP) is 2.67. The van der Waals surface area contributed by atoms with Crippen molar-refractivity contribution in [1.82, 2.24) is 15.1 Å². The predicted molar refractivity (Wildman–Crippen MR) is 94.0 cm³/mol. The lowest BCUT2D eigenvalue weighted by atomic mass is 10.1. The van der Waals surface area contributed by atoms with E-state index in [1.807, 2.05) is 56.2 Å². The van der Waals surface area contributed by atoms with E-state index in [4.69, 9.17) is 0 Å². The van der Waals surface area contributed by atoms with Crippen molar-refractivity contribution < 1.29 is 9.59 Å². The third-order valence-corrected chi connectivity index (χ3v) is 4.42. The molecule has 2 rings (SSSR count). The smallest absolute Gasteiger partial charge is 0.317 e. The van der Waals surface area contributed by atoms with E-state index in [0.29, 0.717) is 31.7 Å². The molecule has 0 bridgehead atoms. The van der Waals surface area contributed by atoms with Crippen LogP contribution < -0.4 is 5.32 Å². The Bertz CT molecular complexity index is 558. The summed E-state index contributed by atoms with van der Waals surface area (Å²) in [7, 11) is 0. The van der Waals surface area contributed by atoms with Crippen molar-refractivity contribution in [2.24, 2.45) is 0 Å². The third-order valence-electron chi connectivity index (χ3n) is 3.67. The molecule has 5 nitrogen and oxygen atoms in total. The zero-order valence-corrected chi connectivity index (χ0v) is 15.1. The third kappa shape index (κ3) is 4.89. The van der Waals surface area contributed by atoms with Crippen molar-refractivity contribution >= 4 is 23.7 Å². The average molecular weight is 335 g/mol. The molecule has 1 saturated heterocycles. The fraction of sp³-hybridized carbons (Fsp3) is 0.529. The number of thioether (sulfide) groups is 1. The molecule has 3 amide bonds. The van der Waals surface area contributed by atoms with E-state index in [1.165, 1.54) is 0 Å². The Labute approximate surface area is 142 Å². The van der Waals surface area contributed by atoms with E-state index in [2.05, 4.69) is 5.32 Å². The molecule has 126 valence electrons. The van der Waals surface area contributed by atoms with Gasteiger partial charge in [-0.05, 0) is 51.3 Å². The number of carbonyl (C=O) groups excluding carboxylic acids is 2. The summed E-state index contributed by atoms with van der Waals surface area (Å²) in [5.41, 5.74) is 0.457. The minimum absolute atomic E-state index is 0.0357. The maximum Gasteiger partial charge on any atom is 0.317 e. The largest absolute Gasteiger partial charge is 0.335 e. The van der Waals surface area contributed by atoms with Crippen molar-refractivity contribution in [3.63, 3.8) is 0 Å². The van der Waals surface area contributed by atoms with Gasteiger partial charge >= 0.3 is 6.03 Å². The van der Waals surface area contributed by atoms with Crippen LogP contribution in [0.3, 0.4) is 0 Å². The van der Waals surface area contributed by atoms with Gasteiger partial charge in [-0.2, -0.15) is 0 Å². The van der Waals surface area contributed by atoms with Gasteiger partial charge in [0.1, 0.15) is 0 Å². The zero-order valence-electron chi connectivity index (χ0n) is 14.3. The lowest BCUT2D eigenvalue weighted by Gasteiger charge is -2.36. The first-order valence-electron chi connectivity index (χ1n) is 7.80. The Balaban J connectivity index is 1.90. The molecular weight excluding hydrogens is 310 g/mol. The maximum absolute atomic E-state index is 12.5. The molecule has 0 saturated carbocycles. The molecule has 1 fully saturated rings. The normalized spacial score (nSPS) is 15.5. The van der Waals surface area contributed by atoms with Crippen LogP contribution in [0, 0.1) is 0 Å². The summed E-state index contributed by atoms with van der Waals surface area (Å²) < 4.78 is 0. The molecule has 6 heteroatoms. The zero-order chi connectivity index (χ0) is 17.0. The molecule has 23 heavy (non-hydrogen) atoms. The Morgan fingerprint density at radius 1 is 1.00 bits per heavy atom. The number of rotatable bonds is 2. The van der Waals surface area contributed by atoms with Gasteiger partial charge in [0.05, 0.1) is 0 Å². The van der Waals surface area contributed by atoms with Crippen molar-refractivity contribution in [3.8, 4) is 0 Å². The number of carbonyl (C=O) groups is 2. The molecule has 0 atom stereocenters. The van der Waals surface area contributed by atoms with Crippen LogP contribution in [0.5, 0.6) is 0 Å². The molecule has 1 aromatic carbocycles. The monoisotopic (exact) mass is 335 g/mol. The van der Waals surface area contributed by atoms with Crippen LogP contribution in [0.25, 0.3) is 0 Å². The summed E-state index contributed by atoms with van der Waals surface area (Å²) in [6, 6.07) is 7.60. The Morgan fingerprint density at radius 3 is 2.00 bits per heavy atom. The van der Waals surface area contributed by atoms with E-state index < -0.39 is 0 Å². The maximum atomic E-state index is 12.5. The first-order valence-corrected chi connectivity index (χ1v) is 9.03. The van der Waals surface area contributed by atoms with Crippen LogP contribution in [0.2, 0.25) is 0 Å². The molecule has 0 unspecified atom stereocenters. The molecule has 0 spiro atoms. The molecule has 1 N–H and O–H groups in total. The van der Waals surface area contributed by atoms with Crippen LogP contribution >= 0.6 is 11.8 Å². The number of hydrogen-bond acceptors (Lipinski definition) is 3. The average Bonchev–Trinajstić information content (AvgIpc) is 2.53. The lowest BCUT2D eigenvalue weighted by Crippen LogP contribution is -2.56. The molecule has 1 aliphatic rings. The van der Waals surface area contributed by atoms with Gasteiger partial charge in [-0.1, -0.05) is 0 Å². The summed E-state index contributed by atoms with van der Waals surface area (Å²) in [5.74, 6) is 0.0357. The Hall–Kier alpha value is -1.69. The first-order chi connectivity index (χ1) is 10.8. The highest BCUT2D eigenvalue weighted by atomic mass is 32.2. The molecule has 0 aromatic heterocycles. The highest BCUT2D eigenvalue weighted by Crippen LogP contribution is 2.16. The van der Waals surface area contributed by atoms with Crippen molar-refractivity contribution in [1.29, 1.82) is 0 Å². The Morgan fingerprint density at radius 2 is 1.52 bits per heavy atom. The van der Waals surface area contributed by atoms with Gasteiger partial charge in [-0.15, -0.1) is 11.8 Å². The number of nitrogens with one attached hydrogen (secondary N) is 1. The van der Waals surface area contributed by atoms with E-state index in [-0.39, 0.29) is 17.5 Å². The molecule has 1 heterocycles. The van der Waals surface area contributed by atoms with E-state index in [1.54, 1.807) is 16.7 Å². The van der Waals surface area contributed by atoms with Crippen molar-refractivity contribution in [3.05, 3.63) is 29.8 Å². The molecular formula is C17H25N3O2S. The summed E-state index contributed by atoms with van der Waals surface area (Å²) in [4.78, 5) is 29.4. The molecule has 1 aromatic rings. The molecule has 0 aliphatic carbocycles. The van der Waals surface area contributed by atoms with Gasteiger partial charge in [0.2, 0.25) is 0 Å². The second-order valence-electron chi connectivity index (χ2n) is 6.69. The standard InChI is InChI=1S/C17H25N3O2S/c1-17(2,3)18-16(22)20-11-9-19(10-12-20)15(21)13-5-7-14(23-4)8-6-13/h5-8H,9-12H2,1-4H3,(H,18,22). The van der Waals surface area contributed by atoms with E-state index >= 15 is 0 Å². The SMILES string of the molecule is CSc1ccc(C(=O)N2CCN(C(=O)NC(C)(C)C)CC2)cc1. The summed E-state index contributed by atoms with van der Waals surface area (Å²) in [5, 5.41) is 2.96. The number of benzene rings is 1. The van der Waals surface area contributed by atoms with E-state index in [0.717, 1.165) is 4.90 Å². The highest BCUT2D eigenvalue weighted by molar-refractivity contribution is 7.98. The molecule has 1 aliphatic heterocycles. The van der Waals surface area contributed by atoms with Crippen LogP contribution in [0.4, 0.5) is 4.79 Å².